The van der Waals surface area contributed by atoms with Gasteiger partial charge >= 0.3 is 0 Å². The average molecular weight is 251 g/mol. The van der Waals surface area contributed by atoms with Crippen LogP contribution in [0.4, 0.5) is 0 Å². The van der Waals surface area contributed by atoms with E-state index in [0.29, 0.717) is 17.4 Å². The minimum Gasteiger partial charge on any atom is -0.339 e. The van der Waals surface area contributed by atoms with Crippen molar-refractivity contribution in [3.05, 3.63) is 11.7 Å². The predicted molar refractivity (Wildman–Crippen MR) is 71.5 cm³/mol. The second kappa shape index (κ2) is 5.39. The van der Waals surface area contributed by atoms with Gasteiger partial charge in [0.25, 0.3) is 0 Å². The highest BCUT2D eigenvalue weighted by Crippen LogP contribution is 2.57. The first-order valence-corrected chi connectivity index (χ1v) is 7.12. The number of hydrogen-bond acceptors (Lipinski definition) is 4. The van der Waals surface area contributed by atoms with Gasteiger partial charge in [-0.05, 0) is 31.2 Å². The molecule has 4 heteroatoms. The number of nitrogens with one attached hydrogen (secondary N) is 1. The van der Waals surface area contributed by atoms with Gasteiger partial charge in [0.2, 0.25) is 5.89 Å². The maximum atomic E-state index is 5.37. The van der Waals surface area contributed by atoms with Crippen LogP contribution < -0.4 is 5.32 Å². The van der Waals surface area contributed by atoms with Crippen molar-refractivity contribution in [1.29, 1.82) is 0 Å². The second-order valence-corrected chi connectivity index (χ2v) is 6.06. The van der Waals surface area contributed by atoms with Crippen LogP contribution >= 0.6 is 0 Å². The summed E-state index contributed by atoms with van der Waals surface area (Å²) < 4.78 is 5.37. The van der Waals surface area contributed by atoms with Gasteiger partial charge in [0.15, 0.2) is 5.82 Å². The van der Waals surface area contributed by atoms with Crippen LogP contribution in [0.3, 0.4) is 0 Å². The van der Waals surface area contributed by atoms with Crippen LogP contribution in [-0.4, -0.2) is 22.7 Å². The Bertz CT molecular complexity index is 386. The molecule has 1 aromatic rings. The summed E-state index contributed by atoms with van der Waals surface area (Å²) in [6, 6.07) is 0.450. The molecule has 0 bridgehead atoms. The third kappa shape index (κ3) is 3.10. The molecule has 1 aromatic heterocycles. The van der Waals surface area contributed by atoms with Crippen LogP contribution in [0.15, 0.2) is 4.52 Å². The Hall–Kier alpha value is -0.900. The molecule has 2 rings (SSSR count). The third-order valence-corrected chi connectivity index (χ3v) is 3.91. The smallest absolute Gasteiger partial charge is 0.228 e. The van der Waals surface area contributed by atoms with Gasteiger partial charge in [-0.2, -0.15) is 4.98 Å². The maximum Gasteiger partial charge on any atom is 0.228 e. The Morgan fingerprint density at radius 1 is 1.44 bits per heavy atom. The van der Waals surface area contributed by atoms with E-state index in [0.717, 1.165) is 37.5 Å². The van der Waals surface area contributed by atoms with Crippen molar-refractivity contribution in [2.75, 3.05) is 6.54 Å². The van der Waals surface area contributed by atoms with Gasteiger partial charge in [-0.3, -0.25) is 0 Å². The summed E-state index contributed by atoms with van der Waals surface area (Å²) in [5, 5.41) is 7.64. The van der Waals surface area contributed by atoms with Crippen molar-refractivity contribution in [3.63, 3.8) is 0 Å². The van der Waals surface area contributed by atoms with Crippen molar-refractivity contribution in [2.45, 2.75) is 65.3 Å². The van der Waals surface area contributed by atoms with E-state index in [1.807, 2.05) is 0 Å². The van der Waals surface area contributed by atoms with Crippen LogP contribution in [0.25, 0.3) is 0 Å². The molecule has 1 saturated carbocycles. The topological polar surface area (TPSA) is 51.0 Å². The number of rotatable bonds is 7. The summed E-state index contributed by atoms with van der Waals surface area (Å²) in [4.78, 5) is 4.55. The molecule has 0 aromatic carbocycles. The molecule has 0 spiro atoms. The number of hydrogen-bond donors (Lipinski definition) is 1. The fraction of sp³-hybridized carbons (Fsp3) is 0.857. The van der Waals surface area contributed by atoms with Crippen LogP contribution in [0.2, 0.25) is 0 Å². The van der Waals surface area contributed by atoms with Crippen molar-refractivity contribution >= 4 is 0 Å². The molecule has 0 amide bonds. The highest BCUT2D eigenvalue weighted by molar-refractivity contribution is 5.14. The van der Waals surface area contributed by atoms with Gasteiger partial charge in [0.1, 0.15) is 0 Å². The Labute approximate surface area is 110 Å². The van der Waals surface area contributed by atoms with Gasteiger partial charge < -0.3 is 9.84 Å². The highest BCUT2D eigenvalue weighted by atomic mass is 16.5. The Balaban J connectivity index is 1.89. The van der Waals surface area contributed by atoms with E-state index >= 15 is 0 Å². The highest BCUT2D eigenvalue weighted by Gasteiger charge is 2.49. The van der Waals surface area contributed by atoms with E-state index in [4.69, 9.17) is 4.52 Å². The normalized spacial score (nSPS) is 23.0. The third-order valence-electron chi connectivity index (χ3n) is 3.91. The van der Waals surface area contributed by atoms with E-state index < -0.39 is 0 Å². The van der Waals surface area contributed by atoms with Gasteiger partial charge in [0.05, 0.1) is 0 Å². The first-order chi connectivity index (χ1) is 8.56. The molecular weight excluding hydrogens is 226 g/mol. The largest absolute Gasteiger partial charge is 0.339 e. The molecule has 0 aliphatic heterocycles. The van der Waals surface area contributed by atoms with Gasteiger partial charge in [-0.25, -0.2) is 0 Å². The Morgan fingerprint density at radius 3 is 2.72 bits per heavy atom. The fourth-order valence-corrected chi connectivity index (χ4v) is 2.32. The number of aromatic nitrogens is 2. The van der Waals surface area contributed by atoms with Crippen molar-refractivity contribution in [1.82, 2.24) is 15.5 Å². The second-order valence-electron chi connectivity index (χ2n) is 6.06. The van der Waals surface area contributed by atoms with E-state index in [9.17, 15) is 0 Å². The molecule has 0 saturated heterocycles. The quantitative estimate of drug-likeness (QED) is 0.809. The van der Waals surface area contributed by atoms with Crippen molar-refractivity contribution in [3.8, 4) is 0 Å². The minimum absolute atomic E-state index is 0.367. The molecule has 102 valence electrons. The first-order valence-electron chi connectivity index (χ1n) is 7.12. The molecule has 1 aliphatic carbocycles. The van der Waals surface area contributed by atoms with Crippen molar-refractivity contribution in [2.24, 2.45) is 5.41 Å². The fourth-order valence-electron chi connectivity index (χ4n) is 2.32. The van der Waals surface area contributed by atoms with Gasteiger partial charge in [0, 0.05) is 18.4 Å². The Morgan fingerprint density at radius 2 is 2.17 bits per heavy atom. The zero-order chi connectivity index (χ0) is 13.2. The molecule has 0 radical (unpaired) electrons. The maximum absolute atomic E-state index is 5.37. The van der Waals surface area contributed by atoms with Gasteiger partial charge in [-0.1, -0.05) is 32.9 Å². The van der Waals surface area contributed by atoms with Crippen LogP contribution in [0.1, 0.15) is 64.6 Å². The van der Waals surface area contributed by atoms with Crippen LogP contribution in [-0.2, 0) is 6.42 Å². The zero-order valence-electron chi connectivity index (χ0n) is 12.0. The summed E-state index contributed by atoms with van der Waals surface area (Å²) in [5.41, 5.74) is 0.367. The molecular formula is C14H25N3O. The predicted octanol–water partition coefficient (Wildman–Crippen LogP) is 2.90. The van der Waals surface area contributed by atoms with Crippen molar-refractivity contribution < 1.29 is 4.52 Å². The standard InChI is InChI=1S/C14H25N3O/c1-5-7-15-10(6-2)8-12-16-13(17-18-12)11-9-14(11,3)4/h10-11,15H,5-9H2,1-4H3. The van der Waals surface area contributed by atoms with E-state index in [-0.39, 0.29) is 0 Å². The van der Waals surface area contributed by atoms with E-state index in [1.54, 1.807) is 0 Å². The molecule has 1 aliphatic rings. The van der Waals surface area contributed by atoms with Crippen LogP contribution in [0.5, 0.6) is 0 Å². The molecule has 4 nitrogen and oxygen atoms in total. The van der Waals surface area contributed by atoms with E-state index in [2.05, 4.69) is 43.2 Å². The monoisotopic (exact) mass is 251 g/mol. The molecule has 1 fully saturated rings. The SMILES string of the molecule is CCCNC(CC)Cc1nc(C2CC2(C)C)no1. The van der Waals surface area contributed by atoms with Gasteiger partial charge in [-0.15, -0.1) is 0 Å². The lowest BCUT2D eigenvalue weighted by atomic mass is 10.1. The number of nitrogens with zero attached hydrogens (tertiary/aromatic N) is 2. The molecule has 1 heterocycles. The van der Waals surface area contributed by atoms with E-state index in [1.165, 1.54) is 6.42 Å². The molecule has 18 heavy (non-hydrogen) atoms. The summed E-state index contributed by atoms with van der Waals surface area (Å²) in [6.07, 6.45) is 4.27. The summed E-state index contributed by atoms with van der Waals surface area (Å²) in [5.74, 6) is 2.18. The summed E-state index contributed by atoms with van der Waals surface area (Å²) in [6.45, 7) is 9.93. The van der Waals surface area contributed by atoms with Crippen LogP contribution in [0, 0.1) is 5.41 Å². The lowest BCUT2D eigenvalue weighted by Crippen LogP contribution is -2.31. The molecule has 2 unspecified atom stereocenters. The average Bonchev–Trinajstić information content (AvgIpc) is 2.77. The lowest BCUT2D eigenvalue weighted by molar-refractivity contribution is 0.349. The lowest BCUT2D eigenvalue weighted by Gasteiger charge is -2.13. The zero-order valence-corrected chi connectivity index (χ0v) is 12.0. The molecule has 2 atom stereocenters. The molecule has 1 N–H and O–H groups in total. The summed E-state index contributed by atoms with van der Waals surface area (Å²) in [7, 11) is 0. The minimum atomic E-state index is 0.367. The first kappa shape index (κ1) is 13.5. The Kier molecular flexibility index (Phi) is 4.05. The summed E-state index contributed by atoms with van der Waals surface area (Å²) >= 11 is 0.